The Balaban J connectivity index is 2.29. The van der Waals surface area contributed by atoms with Crippen LogP contribution in [0.25, 0.3) is 0 Å². The van der Waals surface area contributed by atoms with Crippen molar-refractivity contribution in [3.63, 3.8) is 0 Å². The summed E-state index contributed by atoms with van der Waals surface area (Å²) in [4.78, 5) is 11.8. The molecule has 0 saturated carbocycles. The van der Waals surface area contributed by atoms with Crippen molar-refractivity contribution in [3.8, 4) is 0 Å². The van der Waals surface area contributed by atoms with Crippen LogP contribution in [0.4, 0.5) is 5.69 Å². The number of nitroso groups, excluding NO2 is 1. The average Bonchev–Trinajstić information content (AvgIpc) is 2.47. The van der Waals surface area contributed by atoms with Gasteiger partial charge in [0.05, 0.1) is 5.71 Å². The van der Waals surface area contributed by atoms with Crippen LogP contribution in [0, 0.1) is 10.3 Å². The van der Waals surface area contributed by atoms with Gasteiger partial charge in [0, 0.05) is 33.1 Å². The Morgan fingerprint density at radius 3 is 2.85 bits per heavy atom. The topological polar surface area (TPSA) is 70.0 Å². The van der Waals surface area contributed by atoms with Crippen LogP contribution in [-0.2, 0) is 0 Å². The third-order valence-corrected chi connectivity index (χ3v) is 3.53. The Morgan fingerprint density at radius 1 is 1.40 bits per heavy atom. The van der Waals surface area contributed by atoms with E-state index in [2.05, 4.69) is 6.58 Å². The van der Waals surface area contributed by atoms with E-state index in [9.17, 15) is 4.91 Å². The van der Waals surface area contributed by atoms with Gasteiger partial charge in [-0.3, -0.25) is 5.41 Å². The number of nitrogens with zero attached hydrogens (tertiary/aromatic N) is 1. The molecule has 20 heavy (non-hydrogen) atoms. The second kappa shape index (κ2) is 6.28. The zero-order chi connectivity index (χ0) is 14.5. The van der Waals surface area contributed by atoms with Crippen LogP contribution in [0.3, 0.4) is 0 Å². The fourth-order valence-corrected chi connectivity index (χ4v) is 2.43. The Morgan fingerprint density at radius 2 is 2.15 bits per heavy atom. The first-order chi connectivity index (χ1) is 9.63. The summed E-state index contributed by atoms with van der Waals surface area (Å²) in [6, 6.07) is 7.13. The summed E-state index contributed by atoms with van der Waals surface area (Å²) in [5.41, 5.74) is 9.49. The maximum Gasteiger partial charge on any atom is 0.257 e. The Bertz CT molecular complexity index is 587. The molecule has 1 aromatic carbocycles. The number of nitrogens with one attached hydrogen (secondary N) is 1. The molecule has 2 rings (SSSR count). The van der Waals surface area contributed by atoms with Crippen LogP contribution in [0.1, 0.15) is 31.2 Å². The molecule has 0 aromatic heterocycles. The minimum Gasteiger partial charge on any atom is -0.402 e. The fourth-order valence-electron chi connectivity index (χ4n) is 2.43. The molecule has 104 valence electrons. The van der Waals surface area contributed by atoms with Gasteiger partial charge in [0.15, 0.2) is 0 Å². The number of benzene rings is 1. The van der Waals surface area contributed by atoms with E-state index in [-0.39, 0.29) is 6.54 Å². The van der Waals surface area contributed by atoms with E-state index in [1.165, 1.54) is 0 Å². The summed E-state index contributed by atoms with van der Waals surface area (Å²) < 4.78 is 0.863. The molecule has 0 heterocycles. The molecule has 1 aliphatic carbocycles. The summed E-state index contributed by atoms with van der Waals surface area (Å²) in [6.07, 6.45) is 5.44. The predicted octanol–water partition coefficient (Wildman–Crippen LogP) is 3.44. The molecule has 0 unspecified atom stereocenters. The summed E-state index contributed by atoms with van der Waals surface area (Å²) >= 11 is 0. The summed E-state index contributed by atoms with van der Waals surface area (Å²) in [7, 11) is 0. The fraction of sp³-hybridized carbons (Fsp3) is 0.312. The zero-order valence-corrected chi connectivity index (χ0v) is 11.6. The SMILES string of the molecule is C=CC[N+](=O)c1cccc(C(=N)C2=C(N)CCCC2)c1. The van der Waals surface area contributed by atoms with Crippen LogP contribution in [0.5, 0.6) is 0 Å². The third-order valence-electron chi connectivity index (χ3n) is 3.53. The summed E-state index contributed by atoms with van der Waals surface area (Å²) in [6.45, 7) is 3.80. The van der Waals surface area contributed by atoms with Gasteiger partial charge < -0.3 is 5.73 Å². The third kappa shape index (κ3) is 3.02. The summed E-state index contributed by atoms with van der Waals surface area (Å²) in [5.74, 6) is 0. The monoisotopic (exact) mass is 270 g/mol. The smallest absolute Gasteiger partial charge is 0.257 e. The second-order valence-corrected chi connectivity index (χ2v) is 4.99. The molecular weight excluding hydrogens is 250 g/mol. The van der Waals surface area contributed by atoms with Gasteiger partial charge >= 0.3 is 0 Å². The maximum atomic E-state index is 11.8. The predicted molar refractivity (Wildman–Crippen MR) is 81.3 cm³/mol. The number of nitrogens with two attached hydrogens (primary N) is 1. The number of hydrogen-bond donors (Lipinski definition) is 2. The van der Waals surface area contributed by atoms with Crippen molar-refractivity contribution < 1.29 is 4.76 Å². The molecule has 0 spiro atoms. The van der Waals surface area contributed by atoms with Crippen molar-refractivity contribution >= 4 is 11.4 Å². The lowest BCUT2D eigenvalue weighted by atomic mass is 9.90. The molecule has 4 heteroatoms. The molecule has 0 bridgehead atoms. The highest BCUT2D eigenvalue weighted by molar-refractivity contribution is 6.11. The van der Waals surface area contributed by atoms with Crippen LogP contribution in [0.2, 0.25) is 0 Å². The maximum absolute atomic E-state index is 11.8. The minimum absolute atomic E-state index is 0.238. The first-order valence-electron chi connectivity index (χ1n) is 6.86. The molecule has 0 atom stereocenters. The van der Waals surface area contributed by atoms with E-state index in [1.807, 2.05) is 6.07 Å². The molecule has 0 saturated heterocycles. The van der Waals surface area contributed by atoms with Crippen molar-refractivity contribution in [2.75, 3.05) is 6.54 Å². The van der Waals surface area contributed by atoms with E-state index >= 15 is 0 Å². The molecule has 1 aromatic rings. The van der Waals surface area contributed by atoms with Gasteiger partial charge in [-0.25, -0.2) is 0 Å². The van der Waals surface area contributed by atoms with E-state index in [0.717, 1.165) is 47.3 Å². The minimum atomic E-state index is 0.238. The normalized spacial score (nSPS) is 15.0. The van der Waals surface area contributed by atoms with E-state index in [0.29, 0.717) is 11.4 Å². The molecule has 0 amide bonds. The van der Waals surface area contributed by atoms with E-state index < -0.39 is 0 Å². The summed E-state index contributed by atoms with van der Waals surface area (Å²) in [5, 5.41) is 8.32. The lowest BCUT2D eigenvalue weighted by Crippen LogP contribution is -2.15. The van der Waals surface area contributed by atoms with Gasteiger partial charge in [-0.2, -0.15) is 0 Å². The Hall–Kier alpha value is -2.23. The Labute approximate surface area is 119 Å². The molecule has 1 aliphatic rings. The molecular formula is C16H20N3O+. The van der Waals surface area contributed by atoms with Crippen molar-refractivity contribution in [1.82, 2.24) is 0 Å². The second-order valence-electron chi connectivity index (χ2n) is 4.99. The van der Waals surface area contributed by atoms with Crippen LogP contribution < -0.4 is 5.73 Å². The van der Waals surface area contributed by atoms with Gasteiger partial charge in [0.25, 0.3) is 5.69 Å². The molecule has 4 nitrogen and oxygen atoms in total. The van der Waals surface area contributed by atoms with Gasteiger partial charge in [-0.1, -0.05) is 18.7 Å². The standard InChI is InChI=1S/C16H20N3O/c1-2-10-19(20)13-7-5-6-12(11-13)16(18)14-8-3-4-9-15(14)17/h2,5-7,11,18H,1,3-4,8-10,17H2/q+1. The Kier molecular flexibility index (Phi) is 4.45. The molecule has 0 radical (unpaired) electrons. The highest BCUT2D eigenvalue weighted by atomic mass is 16.3. The lowest BCUT2D eigenvalue weighted by Gasteiger charge is -2.18. The van der Waals surface area contributed by atoms with Gasteiger partial charge in [0.1, 0.15) is 0 Å². The molecule has 3 N–H and O–H groups in total. The first-order valence-corrected chi connectivity index (χ1v) is 6.86. The first kappa shape index (κ1) is 14.2. The van der Waals surface area contributed by atoms with Crippen molar-refractivity contribution in [1.29, 1.82) is 5.41 Å². The largest absolute Gasteiger partial charge is 0.402 e. The van der Waals surface area contributed by atoms with Crippen LogP contribution in [0.15, 0.2) is 48.2 Å². The highest BCUT2D eigenvalue weighted by Gasteiger charge is 2.18. The molecule has 0 fully saturated rings. The average molecular weight is 270 g/mol. The lowest BCUT2D eigenvalue weighted by molar-refractivity contribution is -0.451. The van der Waals surface area contributed by atoms with E-state index in [4.69, 9.17) is 11.1 Å². The van der Waals surface area contributed by atoms with E-state index in [1.54, 1.807) is 24.3 Å². The van der Waals surface area contributed by atoms with Crippen LogP contribution in [-0.4, -0.2) is 17.0 Å². The van der Waals surface area contributed by atoms with Gasteiger partial charge in [-0.15, -0.1) is 0 Å². The number of hydrogen-bond acceptors (Lipinski definition) is 3. The number of rotatable bonds is 5. The van der Waals surface area contributed by atoms with Crippen molar-refractivity contribution in [2.24, 2.45) is 5.73 Å². The van der Waals surface area contributed by atoms with Crippen molar-refractivity contribution in [3.05, 3.63) is 58.7 Å². The highest BCUT2D eigenvalue weighted by Crippen LogP contribution is 2.25. The number of allylic oxidation sites excluding steroid dienone is 2. The quantitative estimate of drug-likeness (QED) is 0.489. The van der Waals surface area contributed by atoms with Crippen molar-refractivity contribution in [2.45, 2.75) is 25.7 Å². The van der Waals surface area contributed by atoms with Gasteiger partial charge in [0.2, 0.25) is 6.54 Å². The van der Waals surface area contributed by atoms with Crippen LogP contribution >= 0.6 is 0 Å². The molecule has 0 aliphatic heterocycles. The zero-order valence-electron chi connectivity index (χ0n) is 11.6. The van der Waals surface area contributed by atoms with Gasteiger partial charge in [-0.05, 0) is 37.3 Å².